The third-order valence-corrected chi connectivity index (χ3v) is 1.99. The summed E-state index contributed by atoms with van der Waals surface area (Å²) in [6.45, 7) is 3.60. The van der Waals surface area contributed by atoms with Gasteiger partial charge in [0.1, 0.15) is 6.33 Å². The summed E-state index contributed by atoms with van der Waals surface area (Å²) in [5.41, 5.74) is 0.495. The van der Waals surface area contributed by atoms with E-state index in [4.69, 9.17) is 0 Å². The lowest BCUT2D eigenvalue weighted by Gasteiger charge is -2.11. The molecule has 1 heterocycles. The minimum absolute atomic E-state index is 0.126. The Morgan fingerprint density at radius 1 is 1.40 bits per heavy atom. The summed E-state index contributed by atoms with van der Waals surface area (Å²) in [5.74, 6) is 0.280. The van der Waals surface area contributed by atoms with Gasteiger partial charge in [-0.3, -0.25) is 4.79 Å². The van der Waals surface area contributed by atoms with E-state index < -0.39 is 0 Å². The first-order valence-corrected chi connectivity index (χ1v) is 4.92. The first-order valence-electron chi connectivity index (χ1n) is 4.92. The number of nitrogens with zero attached hydrogens (tertiary/aromatic N) is 2. The molecule has 0 spiro atoms. The summed E-state index contributed by atoms with van der Waals surface area (Å²) >= 11 is 0. The molecule has 1 rings (SSSR count). The largest absolute Gasteiger partial charge is 0.352 e. The van der Waals surface area contributed by atoms with Crippen LogP contribution < -0.4 is 10.6 Å². The molecule has 0 aliphatic carbocycles. The van der Waals surface area contributed by atoms with Crippen LogP contribution in [0, 0.1) is 5.92 Å². The molecule has 0 saturated carbocycles. The second-order valence-corrected chi connectivity index (χ2v) is 3.50. The Morgan fingerprint density at radius 3 is 2.67 bits per heavy atom. The minimum Gasteiger partial charge on any atom is -0.352 e. The normalized spacial score (nSPS) is 12.1. The van der Waals surface area contributed by atoms with Crippen LogP contribution in [0.3, 0.4) is 0 Å². The molecular weight excluding hydrogens is 192 g/mol. The number of amides is 1. The first-order chi connectivity index (χ1) is 7.24. The van der Waals surface area contributed by atoms with Gasteiger partial charge in [-0.25, -0.2) is 9.97 Å². The molecular formula is C10H16N4O. The number of carbonyl (C=O) groups is 1. The Morgan fingerprint density at radius 2 is 2.07 bits per heavy atom. The minimum atomic E-state index is -0.126. The highest BCUT2D eigenvalue weighted by Crippen LogP contribution is 1.94. The van der Waals surface area contributed by atoms with Crippen molar-refractivity contribution in [1.82, 2.24) is 20.6 Å². The van der Waals surface area contributed by atoms with Gasteiger partial charge in [0.2, 0.25) is 0 Å². The Labute approximate surface area is 89.3 Å². The molecule has 2 N–H and O–H groups in total. The van der Waals surface area contributed by atoms with Gasteiger partial charge in [0.15, 0.2) is 0 Å². The third-order valence-electron chi connectivity index (χ3n) is 1.99. The standard InChI is InChI=1S/C10H16N4O/c1-8(3-11-2)4-14-10(15)9-5-12-7-13-6-9/h5-8,11H,3-4H2,1-2H3,(H,14,15). The summed E-state index contributed by atoms with van der Waals surface area (Å²) in [7, 11) is 1.89. The fourth-order valence-electron chi connectivity index (χ4n) is 1.21. The summed E-state index contributed by atoms with van der Waals surface area (Å²) in [5, 5.41) is 5.88. The molecule has 0 radical (unpaired) electrons. The van der Waals surface area contributed by atoms with Crippen molar-refractivity contribution in [2.45, 2.75) is 6.92 Å². The van der Waals surface area contributed by atoms with Gasteiger partial charge in [-0.15, -0.1) is 0 Å². The molecule has 0 fully saturated rings. The summed E-state index contributed by atoms with van der Waals surface area (Å²) < 4.78 is 0. The second-order valence-electron chi connectivity index (χ2n) is 3.50. The van der Waals surface area contributed by atoms with Crippen LogP contribution in [0.1, 0.15) is 17.3 Å². The summed E-state index contributed by atoms with van der Waals surface area (Å²) in [6, 6.07) is 0. The van der Waals surface area contributed by atoms with Crippen molar-refractivity contribution in [2.75, 3.05) is 20.1 Å². The van der Waals surface area contributed by atoms with Gasteiger partial charge >= 0.3 is 0 Å². The van der Waals surface area contributed by atoms with Crippen molar-refractivity contribution < 1.29 is 4.79 Å². The van der Waals surface area contributed by atoms with E-state index in [0.717, 1.165) is 6.54 Å². The number of hydrogen-bond acceptors (Lipinski definition) is 4. The molecule has 5 nitrogen and oxygen atoms in total. The maximum absolute atomic E-state index is 11.5. The molecule has 1 unspecified atom stereocenters. The summed E-state index contributed by atoms with van der Waals surface area (Å²) in [6.07, 6.45) is 4.41. The molecule has 1 amide bonds. The van der Waals surface area contributed by atoms with Crippen LogP contribution in [0.2, 0.25) is 0 Å². The maximum Gasteiger partial charge on any atom is 0.254 e. The highest BCUT2D eigenvalue weighted by atomic mass is 16.1. The van der Waals surface area contributed by atoms with Crippen LogP contribution in [0.4, 0.5) is 0 Å². The fourth-order valence-corrected chi connectivity index (χ4v) is 1.21. The van der Waals surface area contributed by atoms with Gasteiger partial charge in [0.25, 0.3) is 5.91 Å². The van der Waals surface area contributed by atoms with Gasteiger partial charge in [-0.1, -0.05) is 6.92 Å². The number of aromatic nitrogens is 2. The van der Waals surface area contributed by atoms with Crippen molar-refractivity contribution >= 4 is 5.91 Å². The average Bonchev–Trinajstić information content (AvgIpc) is 2.27. The lowest BCUT2D eigenvalue weighted by atomic mass is 10.2. The molecule has 1 aromatic rings. The van der Waals surface area contributed by atoms with E-state index >= 15 is 0 Å². The number of rotatable bonds is 5. The van der Waals surface area contributed by atoms with Crippen LogP contribution in [0.15, 0.2) is 18.7 Å². The Hall–Kier alpha value is -1.49. The molecule has 1 atom stereocenters. The predicted octanol–water partition coefficient (Wildman–Crippen LogP) is 0.0619. The van der Waals surface area contributed by atoms with E-state index in [1.165, 1.54) is 18.7 Å². The monoisotopic (exact) mass is 208 g/mol. The third kappa shape index (κ3) is 4.03. The van der Waals surface area contributed by atoms with Crippen molar-refractivity contribution in [3.8, 4) is 0 Å². The van der Waals surface area contributed by atoms with E-state index in [0.29, 0.717) is 18.0 Å². The van der Waals surface area contributed by atoms with Crippen molar-refractivity contribution in [3.63, 3.8) is 0 Å². The molecule has 0 aromatic carbocycles. The molecule has 0 bridgehead atoms. The van der Waals surface area contributed by atoms with E-state index in [1.54, 1.807) is 0 Å². The molecule has 15 heavy (non-hydrogen) atoms. The highest BCUT2D eigenvalue weighted by molar-refractivity contribution is 5.93. The van der Waals surface area contributed by atoms with Gasteiger partial charge in [-0.2, -0.15) is 0 Å². The zero-order valence-corrected chi connectivity index (χ0v) is 9.03. The van der Waals surface area contributed by atoms with Crippen LogP contribution in [-0.4, -0.2) is 36.0 Å². The van der Waals surface area contributed by atoms with Gasteiger partial charge in [0, 0.05) is 18.9 Å². The van der Waals surface area contributed by atoms with Crippen molar-refractivity contribution in [1.29, 1.82) is 0 Å². The van der Waals surface area contributed by atoms with Crippen LogP contribution in [0.25, 0.3) is 0 Å². The topological polar surface area (TPSA) is 66.9 Å². The van der Waals surface area contributed by atoms with Gasteiger partial charge in [-0.05, 0) is 19.5 Å². The smallest absolute Gasteiger partial charge is 0.254 e. The molecule has 5 heteroatoms. The van der Waals surface area contributed by atoms with Gasteiger partial charge in [0.05, 0.1) is 5.56 Å². The zero-order chi connectivity index (χ0) is 11.1. The van der Waals surface area contributed by atoms with Crippen molar-refractivity contribution in [3.05, 3.63) is 24.3 Å². The Balaban J connectivity index is 2.37. The predicted molar refractivity (Wildman–Crippen MR) is 57.5 cm³/mol. The van der Waals surface area contributed by atoms with E-state index in [9.17, 15) is 4.79 Å². The number of hydrogen-bond donors (Lipinski definition) is 2. The second kappa shape index (κ2) is 6.08. The maximum atomic E-state index is 11.5. The Kier molecular flexibility index (Phi) is 4.70. The van der Waals surface area contributed by atoms with Crippen LogP contribution in [-0.2, 0) is 0 Å². The lowest BCUT2D eigenvalue weighted by Crippen LogP contribution is -2.32. The van der Waals surface area contributed by atoms with E-state index in [2.05, 4.69) is 27.5 Å². The Bertz CT molecular complexity index is 302. The first kappa shape index (κ1) is 11.6. The fraction of sp³-hybridized carbons (Fsp3) is 0.500. The average molecular weight is 208 g/mol. The molecule has 1 aromatic heterocycles. The molecule has 0 saturated heterocycles. The van der Waals surface area contributed by atoms with Gasteiger partial charge < -0.3 is 10.6 Å². The van der Waals surface area contributed by atoms with E-state index in [1.807, 2.05) is 7.05 Å². The van der Waals surface area contributed by atoms with E-state index in [-0.39, 0.29) is 5.91 Å². The van der Waals surface area contributed by atoms with Crippen LogP contribution in [0.5, 0.6) is 0 Å². The number of nitrogens with one attached hydrogen (secondary N) is 2. The highest BCUT2D eigenvalue weighted by Gasteiger charge is 2.07. The molecule has 0 aliphatic rings. The van der Waals surface area contributed by atoms with Crippen molar-refractivity contribution in [2.24, 2.45) is 5.92 Å². The van der Waals surface area contributed by atoms with Crippen LogP contribution >= 0.6 is 0 Å². The SMILES string of the molecule is CNCC(C)CNC(=O)c1cncnc1. The quantitative estimate of drug-likeness (QED) is 0.718. The summed E-state index contributed by atoms with van der Waals surface area (Å²) in [4.78, 5) is 19.1. The lowest BCUT2D eigenvalue weighted by molar-refractivity contribution is 0.0947. The molecule has 0 aliphatic heterocycles. The zero-order valence-electron chi connectivity index (χ0n) is 9.03. The number of carbonyl (C=O) groups excluding carboxylic acids is 1. The molecule has 82 valence electrons.